The molecule has 0 bridgehead atoms. The fraction of sp³-hybridized carbons (Fsp3) is 0.400. The third-order valence-electron chi connectivity index (χ3n) is 8.69. The molecule has 0 saturated carbocycles. The number of aryl methyl sites for hydroxylation is 3. The van der Waals surface area contributed by atoms with Gasteiger partial charge in [0.05, 0.1) is 13.2 Å². The normalized spacial score (nSPS) is 12.2. The van der Waals surface area contributed by atoms with Gasteiger partial charge in [-0.05, 0) is 108 Å². The third kappa shape index (κ3) is 11.3. The molecule has 8 nitrogen and oxygen atoms in total. The number of phenols is 1. The number of aliphatic hydroxyl groups excluding tert-OH is 1. The highest BCUT2D eigenvalue weighted by Crippen LogP contribution is 2.31. The lowest BCUT2D eigenvalue weighted by Crippen LogP contribution is -2.21. The Bertz CT molecular complexity index is 1670. The van der Waals surface area contributed by atoms with Gasteiger partial charge in [0, 0.05) is 25.6 Å². The van der Waals surface area contributed by atoms with Crippen molar-refractivity contribution >= 4 is 28.2 Å². The molecule has 8 heteroatoms. The first-order valence-corrected chi connectivity index (χ1v) is 17.1. The van der Waals surface area contributed by atoms with E-state index in [1.165, 1.54) is 5.56 Å². The number of hydrogen-bond acceptors (Lipinski definition) is 6. The molecule has 0 radical (unpaired) electrons. The second-order valence-electron chi connectivity index (χ2n) is 12.4. The molecular weight excluding hydrogens is 602 g/mol. The average Bonchev–Trinajstić information content (AvgIpc) is 3.09. The van der Waals surface area contributed by atoms with Crippen LogP contribution < -0.4 is 20.5 Å². The molecule has 0 heterocycles. The molecule has 1 atom stereocenters. The van der Waals surface area contributed by atoms with Gasteiger partial charge in [0.1, 0.15) is 18.1 Å². The number of ether oxygens (including phenoxy) is 2. The number of carbonyl (C=O) groups excluding carboxylic acids is 1. The zero-order chi connectivity index (χ0) is 34.3. The maximum atomic E-state index is 12.7. The summed E-state index contributed by atoms with van der Waals surface area (Å²) in [5.41, 5.74) is 11.1. The number of aromatic hydroxyl groups is 1. The first kappa shape index (κ1) is 36.3. The number of carbonyl (C=O) groups is 1. The van der Waals surface area contributed by atoms with Crippen molar-refractivity contribution in [3.05, 3.63) is 95.1 Å². The summed E-state index contributed by atoms with van der Waals surface area (Å²) in [7, 11) is 3.27. The monoisotopic (exact) mass is 653 g/mol. The van der Waals surface area contributed by atoms with Crippen molar-refractivity contribution in [1.29, 1.82) is 0 Å². The molecule has 0 fully saturated rings. The minimum atomic E-state index is -0.597. The van der Waals surface area contributed by atoms with Crippen molar-refractivity contribution in [2.75, 3.05) is 19.5 Å². The van der Waals surface area contributed by atoms with Crippen molar-refractivity contribution in [3.63, 3.8) is 0 Å². The van der Waals surface area contributed by atoms with E-state index in [-0.39, 0.29) is 18.0 Å². The molecule has 0 spiro atoms. The summed E-state index contributed by atoms with van der Waals surface area (Å²) in [6.07, 6.45) is 8.34. The third-order valence-corrected chi connectivity index (χ3v) is 8.69. The molecule has 5 N–H and O–H groups in total. The first-order chi connectivity index (χ1) is 23.3. The van der Waals surface area contributed by atoms with Crippen LogP contribution in [-0.4, -0.2) is 42.2 Å². The molecule has 4 rings (SSSR count). The number of nitrogens with two attached hydrogens (primary N) is 1. The summed E-state index contributed by atoms with van der Waals surface area (Å²) >= 11 is 0. The molecule has 4 aromatic rings. The number of unbranched alkanes of at least 4 members (excludes halogenated alkanes) is 4. The van der Waals surface area contributed by atoms with Crippen LogP contribution in [-0.2, 0) is 30.7 Å². The number of fused-ring (bicyclic) bond motifs is 1. The highest BCUT2D eigenvalue weighted by atomic mass is 16.5. The van der Waals surface area contributed by atoms with Crippen molar-refractivity contribution in [3.8, 4) is 17.2 Å². The smallest absolute Gasteiger partial charge is 0.192 e. The Morgan fingerprint density at radius 1 is 0.896 bits per heavy atom. The molecule has 4 aromatic carbocycles. The number of methoxy groups -OCH3 is 1. The zero-order valence-corrected chi connectivity index (χ0v) is 28.6. The van der Waals surface area contributed by atoms with E-state index < -0.39 is 6.10 Å². The number of hydrogen-bond donors (Lipinski definition) is 4. The Hall–Kier alpha value is -4.56. The van der Waals surface area contributed by atoms with Crippen molar-refractivity contribution in [2.45, 2.75) is 90.3 Å². The molecule has 0 amide bonds. The van der Waals surface area contributed by atoms with E-state index in [9.17, 15) is 15.0 Å². The van der Waals surface area contributed by atoms with Gasteiger partial charge in [-0.3, -0.25) is 9.79 Å². The van der Waals surface area contributed by atoms with Crippen LogP contribution in [0.3, 0.4) is 0 Å². The average molecular weight is 654 g/mol. The van der Waals surface area contributed by atoms with Gasteiger partial charge in [0.25, 0.3) is 0 Å². The van der Waals surface area contributed by atoms with Crippen molar-refractivity contribution < 1.29 is 24.5 Å². The molecule has 0 aromatic heterocycles. The van der Waals surface area contributed by atoms with E-state index >= 15 is 0 Å². The van der Waals surface area contributed by atoms with Gasteiger partial charge < -0.3 is 30.7 Å². The Morgan fingerprint density at radius 3 is 2.46 bits per heavy atom. The van der Waals surface area contributed by atoms with Crippen LogP contribution in [0.2, 0.25) is 0 Å². The number of anilines is 1. The largest absolute Gasteiger partial charge is 0.508 e. The number of nitrogens with zero attached hydrogens (tertiary/aromatic N) is 1. The second-order valence-corrected chi connectivity index (χ2v) is 12.4. The first-order valence-electron chi connectivity index (χ1n) is 17.1. The van der Waals surface area contributed by atoms with Crippen molar-refractivity contribution in [2.24, 2.45) is 10.7 Å². The van der Waals surface area contributed by atoms with Gasteiger partial charge >= 0.3 is 0 Å². The maximum absolute atomic E-state index is 12.7. The second kappa shape index (κ2) is 18.7. The van der Waals surface area contributed by atoms with Crippen LogP contribution in [0.4, 0.5) is 5.69 Å². The number of guanidine groups is 1. The Labute approximate surface area is 285 Å². The Morgan fingerprint density at radius 2 is 1.67 bits per heavy atom. The fourth-order valence-electron chi connectivity index (χ4n) is 6.00. The van der Waals surface area contributed by atoms with E-state index in [1.54, 1.807) is 20.2 Å². The molecule has 0 unspecified atom stereocenters. The summed E-state index contributed by atoms with van der Waals surface area (Å²) in [5, 5.41) is 25.7. The molecular formula is C40H51N3O5. The van der Waals surface area contributed by atoms with Crippen LogP contribution >= 0.6 is 0 Å². The number of nitrogens with one attached hydrogen (secondary N) is 1. The van der Waals surface area contributed by atoms with E-state index in [4.69, 9.17) is 15.2 Å². The summed E-state index contributed by atoms with van der Waals surface area (Å²) < 4.78 is 11.7. The summed E-state index contributed by atoms with van der Waals surface area (Å²) in [6.45, 7) is 2.44. The molecule has 0 aliphatic rings. The lowest BCUT2D eigenvalue weighted by atomic mass is 10.00. The van der Waals surface area contributed by atoms with Gasteiger partial charge in [0.15, 0.2) is 17.5 Å². The number of aliphatic hydroxyl groups is 1. The number of ketones is 1. The van der Waals surface area contributed by atoms with Crippen LogP contribution in [0, 0.1) is 0 Å². The van der Waals surface area contributed by atoms with Crippen molar-refractivity contribution in [1.82, 2.24) is 0 Å². The topological polar surface area (TPSA) is 126 Å². The van der Waals surface area contributed by atoms with Crippen LogP contribution in [0.5, 0.6) is 17.2 Å². The number of phenolic OH excluding ortho intramolecular Hbond substituents is 1. The lowest BCUT2D eigenvalue weighted by molar-refractivity contribution is -0.121. The molecule has 0 saturated heterocycles. The van der Waals surface area contributed by atoms with Gasteiger partial charge in [-0.15, -0.1) is 0 Å². The van der Waals surface area contributed by atoms with Gasteiger partial charge in [0.2, 0.25) is 0 Å². The predicted octanol–water partition coefficient (Wildman–Crippen LogP) is 7.89. The molecule has 0 aliphatic carbocycles. The number of benzene rings is 4. The van der Waals surface area contributed by atoms with E-state index in [0.717, 1.165) is 78.1 Å². The maximum Gasteiger partial charge on any atom is 0.192 e. The summed E-state index contributed by atoms with van der Waals surface area (Å²) in [4.78, 5) is 16.6. The van der Waals surface area contributed by atoms with Crippen LogP contribution in [0.25, 0.3) is 10.8 Å². The Balaban J connectivity index is 1.15. The highest BCUT2D eigenvalue weighted by molar-refractivity contribution is 5.92. The molecule has 48 heavy (non-hydrogen) atoms. The van der Waals surface area contributed by atoms with E-state index in [0.29, 0.717) is 43.3 Å². The van der Waals surface area contributed by atoms with Gasteiger partial charge in [-0.2, -0.15) is 0 Å². The number of Topliss-reactive ketones (excluding diaryl/α,β-unsaturated/α-hetero) is 1. The zero-order valence-electron chi connectivity index (χ0n) is 28.6. The Kier molecular flexibility index (Phi) is 14.1. The minimum Gasteiger partial charge on any atom is -0.508 e. The lowest BCUT2D eigenvalue weighted by Gasteiger charge is -2.14. The molecule has 0 aliphatic heterocycles. The fourth-order valence-corrected chi connectivity index (χ4v) is 6.00. The van der Waals surface area contributed by atoms with Gasteiger partial charge in [-0.25, -0.2) is 0 Å². The molecule has 256 valence electrons. The summed E-state index contributed by atoms with van der Waals surface area (Å²) in [5.74, 6) is 2.00. The minimum absolute atomic E-state index is 0.0680. The summed E-state index contributed by atoms with van der Waals surface area (Å²) in [6, 6.07) is 23.7. The quantitative estimate of drug-likeness (QED) is 0.0461. The number of rotatable bonds is 19. The highest BCUT2D eigenvalue weighted by Gasteiger charge is 2.13. The standard InChI is InChI=1S/C40H51N3O5/c1-4-31-24-36(46)25-32-18-15-30(22-37(31)32)27-48-39-23-29(17-20-38(39)47-3)16-19-35(45)26-34(44)14-9-7-5-6-8-11-28-12-10-13-33(21-28)43-40(41)42-2/h10,12-13,15,17-18,20-25,34,44,46H,4-9,11,14,16,19,26-27H2,1-3H3,(H3,41,42,43)/t34-/m0/s1. The predicted molar refractivity (Wildman–Crippen MR) is 195 cm³/mol. The van der Waals surface area contributed by atoms with Crippen LogP contribution in [0.15, 0.2) is 77.8 Å². The van der Waals surface area contributed by atoms with Crippen LogP contribution in [0.1, 0.15) is 80.5 Å². The van der Waals surface area contributed by atoms with E-state index in [2.05, 4.69) is 35.4 Å². The number of aliphatic imine (C=N–C) groups is 1. The van der Waals surface area contributed by atoms with E-state index in [1.807, 2.05) is 48.5 Å². The van der Waals surface area contributed by atoms with Gasteiger partial charge in [-0.1, -0.05) is 62.9 Å². The SMILES string of the molecule is CCc1cc(O)cc2ccc(COc3cc(CCC(=O)C[C@@H](O)CCCCCCCc4cccc(NC(N)=NC)c4)ccc3OC)cc12.